The molecular weight excluding hydrogens is 288 g/mol. The molecule has 1 aromatic carbocycles. The van der Waals surface area contributed by atoms with Crippen molar-refractivity contribution in [1.82, 2.24) is 24.5 Å². The van der Waals surface area contributed by atoms with Crippen molar-refractivity contribution in [2.24, 2.45) is 0 Å². The Hall–Kier alpha value is -2.47. The molecule has 2 aromatic heterocycles. The van der Waals surface area contributed by atoms with Crippen LogP contribution in [-0.4, -0.2) is 51.2 Å². The molecule has 0 aliphatic rings. The van der Waals surface area contributed by atoms with Gasteiger partial charge in [-0.3, -0.25) is 0 Å². The Kier molecular flexibility index (Phi) is 4.52. The zero-order valence-electron chi connectivity index (χ0n) is 13.8. The summed E-state index contributed by atoms with van der Waals surface area (Å²) in [4.78, 5) is 11.0. The van der Waals surface area contributed by atoms with E-state index in [1.807, 2.05) is 24.3 Å². The molecule has 3 rings (SSSR count). The number of hydrogen-bond acceptors (Lipinski definition) is 5. The van der Waals surface area contributed by atoms with Crippen LogP contribution in [0.2, 0.25) is 0 Å². The van der Waals surface area contributed by atoms with Gasteiger partial charge < -0.3 is 10.2 Å². The maximum absolute atomic E-state index is 4.59. The quantitative estimate of drug-likeness (QED) is 0.758. The highest BCUT2D eigenvalue weighted by atomic mass is 15.4. The molecule has 1 atom stereocenters. The van der Waals surface area contributed by atoms with Crippen LogP contribution in [0.15, 0.2) is 42.7 Å². The molecule has 6 nitrogen and oxygen atoms in total. The lowest BCUT2D eigenvalue weighted by Gasteiger charge is -2.18. The Morgan fingerprint density at radius 3 is 2.74 bits per heavy atom. The summed E-state index contributed by atoms with van der Waals surface area (Å²) in [6.07, 6.45) is 2.58. The molecule has 1 N–H and O–H groups in total. The number of hydrogen-bond donors (Lipinski definition) is 1. The fourth-order valence-electron chi connectivity index (χ4n) is 2.45. The molecule has 0 amide bonds. The monoisotopic (exact) mass is 310 g/mol. The smallest absolute Gasteiger partial charge is 0.254 e. The van der Waals surface area contributed by atoms with Gasteiger partial charge in [-0.05, 0) is 34.0 Å². The first-order chi connectivity index (χ1) is 11.1. The second-order valence-electron chi connectivity index (χ2n) is 6.00. The van der Waals surface area contributed by atoms with Gasteiger partial charge in [0.25, 0.3) is 5.78 Å². The van der Waals surface area contributed by atoms with E-state index in [2.05, 4.69) is 58.4 Å². The average molecular weight is 310 g/mol. The van der Waals surface area contributed by atoms with E-state index < -0.39 is 0 Å². The molecule has 0 saturated heterocycles. The number of benzene rings is 1. The summed E-state index contributed by atoms with van der Waals surface area (Å²) in [5.74, 6) is 1.52. The lowest BCUT2D eigenvalue weighted by atomic mass is 10.1. The predicted molar refractivity (Wildman–Crippen MR) is 92.5 cm³/mol. The van der Waals surface area contributed by atoms with Crippen LogP contribution in [0, 0.1) is 0 Å². The van der Waals surface area contributed by atoms with Crippen LogP contribution in [0.25, 0.3) is 17.0 Å². The molecule has 6 heteroatoms. The van der Waals surface area contributed by atoms with E-state index >= 15 is 0 Å². The van der Waals surface area contributed by atoms with E-state index in [-0.39, 0.29) is 0 Å². The van der Waals surface area contributed by atoms with Crippen molar-refractivity contribution in [2.75, 3.05) is 26.0 Å². The van der Waals surface area contributed by atoms with E-state index in [1.54, 1.807) is 4.52 Å². The van der Waals surface area contributed by atoms with Crippen molar-refractivity contribution in [1.29, 1.82) is 0 Å². The Balaban J connectivity index is 1.91. The Labute approximate surface area is 136 Å². The van der Waals surface area contributed by atoms with Crippen LogP contribution in [0.1, 0.15) is 13.3 Å². The molecule has 3 aromatic rings. The lowest BCUT2D eigenvalue weighted by molar-refractivity contribution is 0.390. The summed E-state index contributed by atoms with van der Waals surface area (Å²) in [7, 11) is 4.17. The van der Waals surface area contributed by atoms with Gasteiger partial charge in [-0.2, -0.15) is 14.6 Å². The van der Waals surface area contributed by atoms with Gasteiger partial charge in [0.15, 0.2) is 0 Å². The summed E-state index contributed by atoms with van der Waals surface area (Å²) in [5, 5.41) is 7.80. The molecular formula is C17H22N6. The maximum Gasteiger partial charge on any atom is 0.254 e. The number of anilines is 1. The van der Waals surface area contributed by atoms with Gasteiger partial charge in [0.2, 0.25) is 0 Å². The minimum Gasteiger partial charge on any atom is -0.367 e. The van der Waals surface area contributed by atoms with Gasteiger partial charge in [0.1, 0.15) is 12.1 Å². The standard InChI is InChI=1S/C17H22N6/c1-13(9-10-22(2)3)20-16-11-15(14-7-5-4-6-8-14)21-17-18-12-19-23(16)17/h4-8,11-13,20H,9-10H2,1-3H3. The maximum atomic E-state index is 4.59. The average Bonchev–Trinajstić information content (AvgIpc) is 3.02. The van der Waals surface area contributed by atoms with E-state index in [4.69, 9.17) is 0 Å². The molecule has 0 saturated carbocycles. The first kappa shape index (κ1) is 15.4. The van der Waals surface area contributed by atoms with Crippen molar-refractivity contribution in [3.05, 3.63) is 42.7 Å². The van der Waals surface area contributed by atoms with E-state index in [9.17, 15) is 0 Å². The van der Waals surface area contributed by atoms with E-state index in [1.165, 1.54) is 6.33 Å². The molecule has 0 spiro atoms. The van der Waals surface area contributed by atoms with Gasteiger partial charge in [-0.1, -0.05) is 30.3 Å². The third-order valence-electron chi connectivity index (χ3n) is 3.72. The van der Waals surface area contributed by atoms with Crippen molar-refractivity contribution in [3.63, 3.8) is 0 Å². The predicted octanol–water partition coefficient (Wildman–Crippen LogP) is 2.54. The molecule has 0 aliphatic heterocycles. The fraction of sp³-hybridized carbons (Fsp3) is 0.353. The summed E-state index contributed by atoms with van der Waals surface area (Å²) in [6, 6.07) is 12.5. The SMILES string of the molecule is CC(CCN(C)C)Nc1cc(-c2ccccc2)nc2ncnn12. The third-order valence-corrected chi connectivity index (χ3v) is 3.72. The van der Waals surface area contributed by atoms with Crippen LogP contribution < -0.4 is 5.32 Å². The van der Waals surface area contributed by atoms with Gasteiger partial charge >= 0.3 is 0 Å². The van der Waals surface area contributed by atoms with Crippen LogP contribution in [0.3, 0.4) is 0 Å². The number of nitrogens with zero attached hydrogens (tertiary/aromatic N) is 5. The van der Waals surface area contributed by atoms with Crippen LogP contribution in [0.5, 0.6) is 0 Å². The number of rotatable bonds is 6. The largest absolute Gasteiger partial charge is 0.367 e. The minimum atomic E-state index is 0.329. The van der Waals surface area contributed by atoms with Crippen molar-refractivity contribution in [2.45, 2.75) is 19.4 Å². The Morgan fingerprint density at radius 2 is 2.00 bits per heavy atom. The van der Waals surface area contributed by atoms with Crippen LogP contribution in [-0.2, 0) is 0 Å². The summed E-state index contributed by atoms with van der Waals surface area (Å²) in [5.41, 5.74) is 1.97. The molecule has 0 fully saturated rings. The van der Waals surface area contributed by atoms with Crippen molar-refractivity contribution >= 4 is 11.6 Å². The molecule has 0 aliphatic carbocycles. The van der Waals surface area contributed by atoms with Crippen LogP contribution in [0.4, 0.5) is 5.82 Å². The fourth-order valence-corrected chi connectivity index (χ4v) is 2.45. The van der Waals surface area contributed by atoms with E-state index in [0.29, 0.717) is 11.8 Å². The molecule has 0 bridgehead atoms. The molecule has 2 heterocycles. The van der Waals surface area contributed by atoms with Gasteiger partial charge in [0, 0.05) is 17.7 Å². The second-order valence-corrected chi connectivity index (χ2v) is 6.00. The second kappa shape index (κ2) is 6.75. The molecule has 120 valence electrons. The first-order valence-electron chi connectivity index (χ1n) is 7.81. The van der Waals surface area contributed by atoms with Gasteiger partial charge in [0.05, 0.1) is 5.69 Å². The van der Waals surface area contributed by atoms with Crippen molar-refractivity contribution in [3.8, 4) is 11.3 Å². The molecule has 1 unspecified atom stereocenters. The highest BCUT2D eigenvalue weighted by Gasteiger charge is 2.11. The lowest BCUT2D eigenvalue weighted by Crippen LogP contribution is -2.24. The number of aromatic nitrogens is 4. The summed E-state index contributed by atoms with van der Waals surface area (Å²) < 4.78 is 1.75. The minimum absolute atomic E-state index is 0.329. The zero-order valence-corrected chi connectivity index (χ0v) is 13.8. The summed E-state index contributed by atoms with van der Waals surface area (Å²) >= 11 is 0. The zero-order chi connectivity index (χ0) is 16.2. The topological polar surface area (TPSA) is 58.3 Å². The number of fused-ring (bicyclic) bond motifs is 1. The summed E-state index contributed by atoms with van der Waals surface area (Å²) in [6.45, 7) is 3.21. The normalized spacial score (nSPS) is 12.7. The van der Waals surface area contributed by atoms with Crippen LogP contribution >= 0.6 is 0 Å². The van der Waals surface area contributed by atoms with Gasteiger partial charge in [-0.25, -0.2) is 4.98 Å². The van der Waals surface area contributed by atoms with Gasteiger partial charge in [-0.15, -0.1) is 0 Å². The molecule has 23 heavy (non-hydrogen) atoms. The van der Waals surface area contributed by atoms with Crippen molar-refractivity contribution < 1.29 is 0 Å². The third kappa shape index (κ3) is 3.65. The highest BCUT2D eigenvalue weighted by molar-refractivity contribution is 5.65. The number of nitrogens with one attached hydrogen (secondary N) is 1. The highest BCUT2D eigenvalue weighted by Crippen LogP contribution is 2.21. The van der Waals surface area contributed by atoms with E-state index in [0.717, 1.165) is 30.0 Å². The Morgan fingerprint density at radius 1 is 1.22 bits per heavy atom. The Bertz CT molecular complexity index is 765. The first-order valence-corrected chi connectivity index (χ1v) is 7.81. The molecule has 0 radical (unpaired) electrons.